The molecule has 96 valence electrons. The van der Waals surface area contributed by atoms with Crippen LogP contribution in [0.15, 0.2) is 4.99 Å². The fourth-order valence-electron chi connectivity index (χ4n) is 3.26. The molecule has 4 nitrogen and oxygen atoms in total. The first-order valence-electron chi connectivity index (χ1n) is 6.43. The predicted molar refractivity (Wildman–Crippen MR) is 66.7 cm³/mol. The highest BCUT2D eigenvalue weighted by Gasteiger charge is 2.89. The lowest BCUT2D eigenvalue weighted by molar-refractivity contribution is -0.153. The van der Waals surface area contributed by atoms with Gasteiger partial charge in [0, 0.05) is 6.54 Å². The highest BCUT2D eigenvalue weighted by atomic mass is 16.5. The van der Waals surface area contributed by atoms with E-state index in [0.717, 1.165) is 12.8 Å². The molecule has 0 aliphatic heterocycles. The minimum atomic E-state index is -0.180. The Hall–Kier alpha value is -1.06. The van der Waals surface area contributed by atoms with Crippen LogP contribution in [0.4, 0.5) is 0 Å². The summed E-state index contributed by atoms with van der Waals surface area (Å²) in [6, 6.07) is 0. The summed E-state index contributed by atoms with van der Waals surface area (Å²) < 4.78 is 5.21. The number of esters is 1. The Kier molecular flexibility index (Phi) is 2.92. The maximum atomic E-state index is 12.0. The van der Waals surface area contributed by atoms with Crippen LogP contribution < -0.4 is 5.73 Å². The monoisotopic (exact) mass is 238 g/mol. The Morgan fingerprint density at radius 1 is 1.59 bits per heavy atom. The minimum Gasteiger partial charge on any atom is -0.466 e. The highest BCUT2D eigenvalue weighted by Crippen LogP contribution is 2.89. The number of hydrogen-bond acceptors (Lipinski definition) is 3. The third-order valence-electron chi connectivity index (χ3n) is 4.50. The molecule has 0 aromatic heterocycles. The van der Waals surface area contributed by atoms with Gasteiger partial charge in [0.2, 0.25) is 0 Å². The Morgan fingerprint density at radius 3 is 2.65 bits per heavy atom. The van der Waals surface area contributed by atoms with Crippen LogP contribution in [0.1, 0.15) is 40.0 Å². The summed E-state index contributed by atoms with van der Waals surface area (Å²) in [5, 5.41) is 0. The molecule has 0 aromatic rings. The molecule has 4 heteroatoms. The number of nitrogens with zero attached hydrogens (tertiary/aromatic N) is 1. The summed E-state index contributed by atoms with van der Waals surface area (Å²) >= 11 is 0. The Bertz CT molecular complexity index is 362. The van der Waals surface area contributed by atoms with Gasteiger partial charge in [0.05, 0.1) is 17.9 Å². The summed E-state index contributed by atoms with van der Waals surface area (Å²) in [6.45, 7) is 7.04. The van der Waals surface area contributed by atoms with Crippen molar-refractivity contribution in [3.63, 3.8) is 0 Å². The van der Waals surface area contributed by atoms with Gasteiger partial charge >= 0.3 is 5.97 Å². The van der Waals surface area contributed by atoms with Crippen molar-refractivity contribution in [2.45, 2.75) is 40.0 Å². The van der Waals surface area contributed by atoms with Crippen LogP contribution in [-0.4, -0.2) is 25.0 Å². The van der Waals surface area contributed by atoms with Crippen molar-refractivity contribution in [3.05, 3.63) is 0 Å². The molecule has 2 aliphatic carbocycles. The first-order valence-corrected chi connectivity index (χ1v) is 6.43. The van der Waals surface area contributed by atoms with Crippen LogP contribution in [-0.2, 0) is 9.53 Å². The topological polar surface area (TPSA) is 64.7 Å². The standard InChI is InChI=1S/C13H22N2O2/c1-4-17-11(16)13(10-8-12(10,13)3)6-5-7-15-9(2)14/h10H,4-8H2,1-3H3,(H2,14,15). The zero-order valence-corrected chi connectivity index (χ0v) is 11.0. The van der Waals surface area contributed by atoms with Crippen molar-refractivity contribution in [2.24, 2.45) is 27.5 Å². The fourth-order valence-corrected chi connectivity index (χ4v) is 3.26. The quantitative estimate of drug-likeness (QED) is 0.332. The predicted octanol–water partition coefficient (Wildman–Crippen LogP) is 1.73. The van der Waals surface area contributed by atoms with Gasteiger partial charge < -0.3 is 10.5 Å². The maximum Gasteiger partial charge on any atom is 0.312 e. The van der Waals surface area contributed by atoms with E-state index in [-0.39, 0.29) is 16.8 Å². The Morgan fingerprint density at radius 2 is 2.24 bits per heavy atom. The van der Waals surface area contributed by atoms with Gasteiger partial charge in [-0.2, -0.15) is 0 Å². The number of hydrogen-bond donors (Lipinski definition) is 1. The molecule has 17 heavy (non-hydrogen) atoms. The van der Waals surface area contributed by atoms with E-state index in [4.69, 9.17) is 10.5 Å². The molecule has 2 fully saturated rings. The molecular formula is C13H22N2O2. The number of ether oxygens (including phenoxy) is 1. The van der Waals surface area contributed by atoms with E-state index in [1.807, 2.05) is 6.92 Å². The van der Waals surface area contributed by atoms with Crippen molar-refractivity contribution in [3.8, 4) is 0 Å². The van der Waals surface area contributed by atoms with Gasteiger partial charge in [-0.05, 0) is 44.4 Å². The van der Waals surface area contributed by atoms with E-state index in [1.54, 1.807) is 6.92 Å². The second kappa shape index (κ2) is 4.00. The second-order valence-electron chi connectivity index (χ2n) is 5.49. The van der Waals surface area contributed by atoms with Gasteiger partial charge in [0.25, 0.3) is 0 Å². The zero-order chi connectivity index (χ0) is 12.7. The first-order chi connectivity index (χ1) is 7.99. The number of carbonyl (C=O) groups is 1. The van der Waals surface area contributed by atoms with Gasteiger partial charge in [-0.25, -0.2) is 0 Å². The van der Waals surface area contributed by atoms with Crippen molar-refractivity contribution in [1.29, 1.82) is 0 Å². The molecule has 0 heterocycles. The van der Waals surface area contributed by atoms with Gasteiger partial charge in [-0.3, -0.25) is 9.79 Å². The normalized spacial score (nSPS) is 38.5. The summed E-state index contributed by atoms with van der Waals surface area (Å²) in [6.07, 6.45) is 2.99. The smallest absolute Gasteiger partial charge is 0.312 e. The van der Waals surface area contributed by atoms with E-state index in [0.29, 0.717) is 24.9 Å². The second-order valence-corrected chi connectivity index (χ2v) is 5.49. The lowest BCUT2D eigenvalue weighted by atomic mass is 9.84. The van der Waals surface area contributed by atoms with E-state index in [1.165, 1.54) is 6.42 Å². The molecule has 2 saturated carbocycles. The summed E-state index contributed by atoms with van der Waals surface area (Å²) in [5.74, 6) is 1.19. The minimum absolute atomic E-state index is 0.00667. The fraction of sp³-hybridized carbons (Fsp3) is 0.846. The summed E-state index contributed by atoms with van der Waals surface area (Å²) in [4.78, 5) is 16.2. The Balaban J connectivity index is 1.88. The van der Waals surface area contributed by atoms with Gasteiger partial charge in [-0.1, -0.05) is 6.92 Å². The maximum absolute atomic E-state index is 12.0. The van der Waals surface area contributed by atoms with Crippen molar-refractivity contribution in [2.75, 3.05) is 13.2 Å². The number of amidine groups is 1. The lowest BCUT2D eigenvalue weighted by Gasteiger charge is -2.23. The van der Waals surface area contributed by atoms with E-state index < -0.39 is 0 Å². The number of rotatable bonds is 6. The van der Waals surface area contributed by atoms with Gasteiger partial charge in [0.15, 0.2) is 0 Å². The van der Waals surface area contributed by atoms with Crippen LogP contribution >= 0.6 is 0 Å². The van der Waals surface area contributed by atoms with Crippen LogP contribution in [0, 0.1) is 16.7 Å². The molecule has 2 rings (SSSR count). The van der Waals surface area contributed by atoms with Crippen molar-refractivity contribution in [1.82, 2.24) is 0 Å². The molecule has 0 aromatic carbocycles. The molecule has 2 aliphatic rings. The van der Waals surface area contributed by atoms with Crippen LogP contribution in [0.3, 0.4) is 0 Å². The number of fused-ring (bicyclic) bond motifs is 1. The molecule has 0 saturated heterocycles. The molecule has 0 spiro atoms. The van der Waals surface area contributed by atoms with Crippen LogP contribution in [0.5, 0.6) is 0 Å². The van der Waals surface area contributed by atoms with E-state index in [9.17, 15) is 4.79 Å². The molecule has 0 bridgehead atoms. The molecule has 3 unspecified atom stereocenters. The van der Waals surface area contributed by atoms with Gasteiger partial charge in [0.1, 0.15) is 0 Å². The number of nitrogens with two attached hydrogens (primary N) is 1. The number of aliphatic imine (C=N–C) groups is 1. The average molecular weight is 238 g/mol. The Labute approximate surface area is 103 Å². The largest absolute Gasteiger partial charge is 0.466 e. The average Bonchev–Trinajstić information content (AvgIpc) is 3.05. The molecule has 0 amide bonds. The van der Waals surface area contributed by atoms with Crippen molar-refractivity contribution >= 4 is 11.8 Å². The third-order valence-corrected chi connectivity index (χ3v) is 4.50. The number of carbonyl (C=O) groups excluding carboxylic acids is 1. The van der Waals surface area contributed by atoms with Crippen LogP contribution in [0.2, 0.25) is 0 Å². The summed E-state index contributed by atoms with van der Waals surface area (Å²) in [5.41, 5.74) is 5.54. The third kappa shape index (κ3) is 1.74. The van der Waals surface area contributed by atoms with E-state index in [2.05, 4.69) is 11.9 Å². The van der Waals surface area contributed by atoms with Crippen LogP contribution in [0.25, 0.3) is 0 Å². The lowest BCUT2D eigenvalue weighted by Crippen LogP contribution is -2.29. The first kappa shape index (κ1) is 12.4. The zero-order valence-electron chi connectivity index (χ0n) is 11.0. The molecule has 3 atom stereocenters. The summed E-state index contributed by atoms with van der Waals surface area (Å²) in [7, 11) is 0. The van der Waals surface area contributed by atoms with E-state index >= 15 is 0 Å². The SMILES string of the molecule is CCOC(=O)C1(CCCN=C(C)N)C2CC21C. The molecular weight excluding hydrogens is 216 g/mol. The highest BCUT2D eigenvalue weighted by molar-refractivity contribution is 5.85. The van der Waals surface area contributed by atoms with Gasteiger partial charge in [-0.15, -0.1) is 0 Å². The molecule has 0 radical (unpaired) electrons. The van der Waals surface area contributed by atoms with Crippen molar-refractivity contribution < 1.29 is 9.53 Å². The molecule has 2 N–H and O–H groups in total.